The van der Waals surface area contributed by atoms with Crippen LogP contribution in [0.25, 0.3) is 0 Å². The molecule has 1 N–H and O–H groups in total. The van der Waals surface area contributed by atoms with Gasteiger partial charge in [0.15, 0.2) is 0 Å². The third kappa shape index (κ3) is 6.37. The third-order valence-electron chi connectivity index (χ3n) is 5.26. The first-order chi connectivity index (χ1) is 12.7. The van der Waals surface area contributed by atoms with Crippen molar-refractivity contribution in [1.29, 1.82) is 0 Å². The van der Waals surface area contributed by atoms with Gasteiger partial charge in [-0.05, 0) is 36.5 Å². The van der Waals surface area contributed by atoms with Gasteiger partial charge in [-0.15, -0.1) is 24.8 Å². The van der Waals surface area contributed by atoms with Crippen molar-refractivity contribution in [2.24, 2.45) is 5.92 Å². The molecule has 0 radical (unpaired) electrons. The fourth-order valence-corrected chi connectivity index (χ4v) is 3.98. The van der Waals surface area contributed by atoms with E-state index in [-0.39, 0.29) is 42.4 Å². The van der Waals surface area contributed by atoms with E-state index in [1.165, 1.54) is 0 Å². The van der Waals surface area contributed by atoms with Crippen LogP contribution in [0.4, 0.5) is 26.3 Å². The van der Waals surface area contributed by atoms with E-state index >= 15 is 0 Å². The Morgan fingerprint density at radius 1 is 0.931 bits per heavy atom. The first kappa shape index (κ1) is 26.3. The van der Waals surface area contributed by atoms with Crippen LogP contribution in [0.1, 0.15) is 35.6 Å². The van der Waals surface area contributed by atoms with E-state index in [0.717, 1.165) is 12.1 Å². The summed E-state index contributed by atoms with van der Waals surface area (Å²) in [5.74, 6) is -0.0883. The average Bonchev–Trinajstić information content (AvgIpc) is 2.62. The highest BCUT2D eigenvalue weighted by Gasteiger charge is 2.42. The number of hydrogen-bond acceptors (Lipinski definition) is 3. The second-order valence-electron chi connectivity index (χ2n) is 6.98. The fourth-order valence-electron chi connectivity index (χ4n) is 3.98. The second-order valence-corrected chi connectivity index (χ2v) is 6.98. The highest BCUT2D eigenvalue weighted by Crippen LogP contribution is 2.44. The lowest BCUT2D eigenvalue weighted by Gasteiger charge is -2.42. The molecule has 3 nitrogen and oxygen atoms in total. The minimum absolute atomic E-state index is 0. The highest BCUT2D eigenvalue weighted by atomic mass is 35.5. The Bertz CT molecular complexity index is 626. The SMILES string of the molecule is Cl.Cl.FC(F)(F)c1ccc([C@H](C2CCOCC2)N2CCNCC2)c(C(F)(F)F)c1. The summed E-state index contributed by atoms with van der Waals surface area (Å²) in [6, 6.07) is 1.46. The third-order valence-corrected chi connectivity index (χ3v) is 5.26. The van der Waals surface area contributed by atoms with E-state index in [1.807, 2.05) is 4.90 Å². The molecule has 1 aromatic carbocycles. The van der Waals surface area contributed by atoms with E-state index in [1.54, 1.807) is 0 Å². The van der Waals surface area contributed by atoms with Gasteiger partial charge in [0.05, 0.1) is 11.1 Å². The van der Waals surface area contributed by atoms with Crippen molar-refractivity contribution in [2.75, 3.05) is 39.4 Å². The first-order valence-corrected chi connectivity index (χ1v) is 8.99. The molecule has 2 saturated heterocycles. The van der Waals surface area contributed by atoms with Gasteiger partial charge in [-0.25, -0.2) is 0 Å². The van der Waals surface area contributed by atoms with Crippen molar-refractivity contribution >= 4 is 24.8 Å². The molecule has 0 spiro atoms. The maximum Gasteiger partial charge on any atom is 0.416 e. The lowest BCUT2D eigenvalue weighted by Crippen LogP contribution is -2.48. The van der Waals surface area contributed by atoms with E-state index in [4.69, 9.17) is 4.74 Å². The second kappa shape index (κ2) is 10.5. The van der Waals surface area contributed by atoms with E-state index < -0.39 is 29.5 Å². The van der Waals surface area contributed by atoms with Crippen LogP contribution in [-0.2, 0) is 17.1 Å². The Hall–Kier alpha value is -0.740. The van der Waals surface area contributed by atoms with Crippen LogP contribution < -0.4 is 5.32 Å². The number of piperazine rings is 1. The number of nitrogens with zero attached hydrogens (tertiary/aromatic N) is 1. The Balaban J connectivity index is 0.00000210. The van der Waals surface area contributed by atoms with Crippen LogP contribution in [0.5, 0.6) is 0 Å². The molecule has 0 aliphatic carbocycles. The Kier molecular flexibility index (Phi) is 9.54. The molecule has 29 heavy (non-hydrogen) atoms. The molecule has 3 rings (SSSR count). The molecule has 168 valence electrons. The maximum absolute atomic E-state index is 13.7. The van der Waals surface area contributed by atoms with Gasteiger partial charge in [0.2, 0.25) is 0 Å². The van der Waals surface area contributed by atoms with Crippen molar-refractivity contribution in [1.82, 2.24) is 10.2 Å². The van der Waals surface area contributed by atoms with Gasteiger partial charge in [-0.1, -0.05) is 6.07 Å². The summed E-state index contributed by atoms with van der Waals surface area (Å²) >= 11 is 0. The number of nitrogens with one attached hydrogen (secondary N) is 1. The van der Waals surface area contributed by atoms with E-state index in [2.05, 4.69) is 5.32 Å². The maximum atomic E-state index is 13.7. The molecule has 0 unspecified atom stereocenters. The molecule has 0 aromatic heterocycles. The molecule has 0 saturated carbocycles. The lowest BCUT2D eigenvalue weighted by molar-refractivity contribution is -0.144. The monoisotopic (exact) mass is 468 g/mol. The zero-order valence-corrected chi connectivity index (χ0v) is 17.1. The standard InChI is InChI=1S/C18H22F6N2O.2ClH/c19-17(20,21)13-1-2-14(15(11-13)18(22,23)24)16(12-3-9-27-10-4-12)26-7-5-25-6-8-26;;/h1-2,11-12,16,25H,3-10H2;2*1H/t16-;;/m0../s1. The van der Waals surface area contributed by atoms with Crippen molar-refractivity contribution in [3.63, 3.8) is 0 Å². The van der Waals surface area contributed by atoms with Crippen LogP contribution in [0.2, 0.25) is 0 Å². The summed E-state index contributed by atoms with van der Waals surface area (Å²) in [4.78, 5) is 1.96. The summed E-state index contributed by atoms with van der Waals surface area (Å²) in [6.45, 7) is 3.30. The molecule has 11 heteroatoms. The summed E-state index contributed by atoms with van der Waals surface area (Å²) in [7, 11) is 0. The van der Waals surface area contributed by atoms with Crippen LogP contribution in [0.3, 0.4) is 0 Å². The Labute approximate surface area is 178 Å². The zero-order valence-electron chi connectivity index (χ0n) is 15.5. The van der Waals surface area contributed by atoms with Gasteiger partial charge < -0.3 is 10.1 Å². The van der Waals surface area contributed by atoms with Gasteiger partial charge in [0.25, 0.3) is 0 Å². The molecule has 2 fully saturated rings. The Morgan fingerprint density at radius 2 is 1.52 bits per heavy atom. The largest absolute Gasteiger partial charge is 0.416 e. The topological polar surface area (TPSA) is 24.5 Å². The number of ether oxygens (including phenoxy) is 1. The molecule has 1 atom stereocenters. The van der Waals surface area contributed by atoms with Crippen LogP contribution >= 0.6 is 24.8 Å². The predicted molar refractivity (Wildman–Crippen MR) is 102 cm³/mol. The first-order valence-electron chi connectivity index (χ1n) is 8.99. The molecule has 2 aliphatic rings. The molecule has 2 heterocycles. The molecule has 2 aliphatic heterocycles. The van der Waals surface area contributed by atoms with Crippen LogP contribution in [0.15, 0.2) is 18.2 Å². The lowest BCUT2D eigenvalue weighted by atomic mass is 9.83. The Morgan fingerprint density at radius 3 is 2.03 bits per heavy atom. The van der Waals surface area contributed by atoms with E-state index in [0.29, 0.717) is 52.2 Å². The quantitative estimate of drug-likeness (QED) is 0.635. The summed E-state index contributed by atoms with van der Waals surface area (Å²) < 4.78 is 85.4. The van der Waals surface area contributed by atoms with Gasteiger partial charge in [0, 0.05) is 45.4 Å². The van der Waals surface area contributed by atoms with E-state index in [9.17, 15) is 26.3 Å². The van der Waals surface area contributed by atoms with Gasteiger partial charge >= 0.3 is 12.4 Å². The highest BCUT2D eigenvalue weighted by molar-refractivity contribution is 5.85. The fraction of sp³-hybridized carbons (Fsp3) is 0.667. The van der Waals surface area contributed by atoms with Gasteiger partial charge in [-0.3, -0.25) is 4.90 Å². The van der Waals surface area contributed by atoms with Crippen molar-refractivity contribution in [3.05, 3.63) is 34.9 Å². The van der Waals surface area contributed by atoms with Crippen LogP contribution in [0, 0.1) is 5.92 Å². The molecule has 0 bridgehead atoms. The molecule has 1 aromatic rings. The minimum atomic E-state index is -4.85. The van der Waals surface area contributed by atoms with Gasteiger partial charge in [0.1, 0.15) is 0 Å². The zero-order chi connectivity index (χ0) is 19.7. The van der Waals surface area contributed by atoms with Crippen molar-refractivity contribution < 1.29 is 31.1 Å². The van der Waals surface area contributed by atoms with Gasteiger partial charge in [-0.2, -0.15) is 26.3 Å². The smallest absolute Gasteiger partial charge is 0.381 e. The molecular formula is C18H24Cl2F6N2O. The summed E-state index contributed by atoms with van der Waals surface area (Å²) in [5, 5.41) is 3.16. The number of rotatable bonds is 3. The minimum Gasteiger partial charge on any atom is -0.381 e. The average molecular weight is 469 g/mol. The predicted octanol–water partition coefficient (Wildman–Crippen LogP) is 4.94. The number of alkyl halides is 6. The molecule has 0 amide bonds. The summed E-state index contributed by atoms with van der Waals surface area (Å²) in [5.41, 5.74) is -2.53. The van der Waals surface area contributed by atoms with Crippen LogP contribution in [-0.4, -0.2) is 44.3 Å². The number of hydrogen-bond donors (Lipinski definition) is 1. The summed E-state index contributed by atoms with van der Waals surface area (Å²) in [6.07, 6.45) is -8.49. The molecular weight excluding hydrogens is 445 g/mol. The normalized spacial score (nSPS) is 20.5. The number of halogens is 8. The number of benzene rings is 1. The van der Waals surface area contributed by atoms with Crippen molar-refractivity contribution in [2.45, 2.75) is 31.2 Å². The van der Waals surface area contributed by atoms with Crippen molar-refractivity contribution in [3.8, 4) is 0 Å².